The highest BCUT2D eigenvalue weighted by atomic mass is 35.5. The molecular formula is C13H20ClN3O3S. The summed E-state index contributed by atoms with van der Waals surface area (Å²) in [5.74, 6) is -0.388. The second-order valence-electron chi connectivity index (χ2n) is 5.90. The van der Waals surface area contributed by atoms with E-state index in [1.54, 1.807) is 0 Å². The molecule has 21 heavy (non-hydrogen) atoms. The summed E-state index contributed by atoms with van der Waals surface area (Å²) < 4.78 is 24.7. The molecular weight excluding hydrogens is 314 g/mol. The smallest absolute Gasteiger partial charge is 0.241 e. The Kier molecular flexibility index (Phi) is 5.25. The molecule has 0 spiro atoms. The van der Waals surface area contributed by atoms with Crippen molar-refractivity contribution in [2.45, 2.75) is 26.8 Å². The van der Waals surface area contributed by atoms with Gasteiger partial charge in [0.15, 0.2) is 0 Å². The molecule has 118 valence electrons. The van der Waals surface area contributed by atoms with Crippen LogP contribution in [0.2, 0.25) is 5.02 Å². The van der Waals surface area contributed by atoms with Crippen LogP contribution in [0.3, 0.4) is 0 Å². The minimum absolute atomic E-state index is 0.295. The molecule has 8 heteroatoms. The van der Waals surface area contributed by atoms with Crippen molar-refractivity contribution in [3.63, 3.8) is 0 Å². The number of carbonyl (C=O) groups is 1. The predicted molar refractivity (Wildman–Crippen MR) is 86.0 cm³/mol. The maximum Gasteiger partial charge on any atom is 0.241 e. The van der Waals surface area contributed by atoms with Crippen molar-refractivity contribution in [2.24, 2.45) is 11.1 Å². The Morgan fingerprint density at radius 2 is 1.90 bits per heavy atom. The number of hydrogen-bond acceptors (Lipinski definition) is 4. The third-order valence-electron chi connectivity index (χ3n) is 2.74. The molecule has 0 aliphatic carbocycles. The van der Waals surface area contributed by atoms with Crippen LogP contribution in [0.4, 0.5) is 11.4 Å². The van der Waals surface area contributed by atoms with Gasteiger partial charge in [0.2, 0.25) is 15.9 Å². The molecule has 0 saturated carbocycles. The quantitative estimate of drug-likeness (QED) is 0.784. The third kappa shape index (κ3) is 5.53. The van der Waals surface area contributed by atoms with E-state index in [9.17, 15) is 13.2 Å². The predicted octanol–water partition coefficient (Wildman–Crippen LogP) is 2.02. The van der Waals surface area contributed by atoms with Crippen molar-refractivity contribution in [1.82, 2.24) is 0 Å². The van der Waals surface area contributed by atoms with E-state index in [0.717, 1.165) is 6.26 Å². The van der Waals surface area contributed by atoms with Crippen LogP contribution in [0.15, 0.2) is 18.2 Å². The van der Waals surface area contributed by atoms with Crippen molar-refractivity contribution in [3.05, 3.63) is 23.2 Å². The largest absolute Gasteiger partial charge is 0.323 e. The molecule has 0 heterocycles. The van der Waals surface area contributed by atoms with Gasteiger partial charge in [0.1, 0.15) is 0 Å². The van der Waals surface area contributed by atoms with Crippen molar-refractivity contribution in [3.8, 4) is 0 Å². The number of benzene rings is 1. The van der Waals surface area contributed by atoms with Crippen molar-refractivity contribution in [1.29, 1.82) is 0 Å². The summed E-state index contributed by atoms with van der Waals surface area (Å²) in [7, 11) is -3.41. The van der Waals surface area contributed by atoms with Crippen LogP contribution >= 0.6 is 11.6 Å². The lowest BCUT2D eigenvalue weighted by atomic mass is 9.87. The summed E-state index contributed by atoms with van der Waals surface area (Å²) in [6.45, 7) is 5.54. The number of carbonyl (C=O) groups excluding carboxylic acids is 1. The summed E-state index contributed by atoms with van der Waals surface area (Å²) in [6, 6.07) is 3.72. The molecule has 1 rings (SSSR count). The fourth-order valence-electron chi connectivity index (χ4n) is 1.50. The number of halogens is 1. The van der Waals surface area contributed by atoms with Crippen molar-refractivity contribution < 1.29 is 13.2 Å². The maximum atomic E-state index is 12.1. The highest BCUT2D eigenvalue weighted by Crippen LogP contribution is 2.27. The van der Waals surface area contributed by atoms with Crippen molar-refractivity contribution >= 4 is 38.9 Å². The number of nitrogens with two attached hydrogens (primary N) is 1. The summed E-state index contributed by atoms with van der Waals surface area (Å²) >= 11 is 6.00. The van der Waals surface area contributed by atoms with E-state index in [2.05, 4.69) is 10.0 Å². The summed E-state index contributed by atoms with van der Waals surface area (Å²) in [6.07, 6.45) is 1.04. The van der Waals surface area contributed by atoms with Crippen LogP contribution in [-0.4, -0.2) is 26.6 Å². The summed E-state index contributed by atoms with van der Waals surface area (Å²) in [5.41, 5.74) is 6.07. The Bertz CT molecular complexity index is 639. The summed E-state index contributed by atoms with van der Waals surface area (Å²) in [4.78, 5) is 12.1. The zero-order chi connectivity index (χ0) is 16.4. The van der Waals surface area contributed by atoms with Crippen LogP contribution < -0.4 is 15.8 Å². The van der Waals surface area contributed by atoms with E-state index >= 15 is 0 Å². The van der Waals surface area contributed by atoms with Crippen LogP contribution in [0.1, 0.15) is 20.8 Å². The normalized spacial score (nSPS) is 13.6. The first-order chi connectivity index (χ1) is 9.40. The number of sulfonamides is 1. The molecule has 0 saturated heterocycles. The number of amides is 1. The van der Waals surface area contributed by atoms with Gasteiger partial charge >= 0.3 is 0 Å². The average molecular weight is 334 g/mol. The minimum atomic E-state index is -3.41. The zero-order valence-electron chi connectivity index (χ0n) is 12.4. The number of anilines is 2. The summed E-state index contributed by atoms with van der Waals surface area (Å²) in [5, 5.41) is 2.91. The van der Waals surface area contributed by atoms with Gasteiger partial charge in [-0.05, 0) is 23.6 Å². The van der Waals surface area contributed by atoms with E-state index in [0.29, 0.717) is 16.4 Å². The Labute approximate surface area is 130 Å². The molecule has 0 aliphatic heterocycles. The standard InChI is InChI=1S/C13H20ClN3O3S/c1-13(2,3)11(15)12(18)16-10-7-8(5-6-9(10)14)17-21(4,19)20/h5-7,11,17H,15H2,1-4H3,(H,16,18). The Balaban J connectivity index is 2.98. The Hall–Kier alpha value is -1.31. The van der Waals surface area contributed by atoms with E-state index in [4.69, 9.17) is 17.3 Å². The van der Waals surface area contributed by atoms with Gasteiger partial charge in [-0.2, -0.15) is 0 Å². The second-order valence-corrected chi connectivity index (χ2v) is 8.06. The third-order valence-corrected chi connectivity index (χ3v) is 3.68. The van der Waals surface area contributed by atoms with E-state index in [1.165, 1.54) is 18.2 Å². The number of hydrogen-bond donors (Lipinski definition) is 3. The molecule has 1 atom stereocenters. The van der Waals surface area contributed by atoms with Gasteiger partial charge in [0.25, 0.3) is 0 Å². The first-order valence-electron chi connectivity index (χ1n) is 6.24. The number of rotatable bonds is 4. The molecule has 0 fully saturated rings. The van der Waals surface area contributed by atoms with E-state index < -0.39 is 21.5 Å². The lowest BCUT2D eigenvalue weighted by molar-refractivity contribution is -0.119. The van der Waals surface area contributed by atoms with Gasteiger partial charge in [0.05, 0.1) is 28.7 Å². The van der Waals surface area contributed by atoms with Gasteiger partial charge in [-0.1, -0.05) is 32.4 Å². The first kappa shape index (κ1) is 17.7. The van der Waals surface area contributed by atoms with E-state index in [1.807, 2.05) is 20.8 Å². The molecule has 1 aromatic rings. The molecule has 0 aromatic heterocycles. The maximum absolute atomic E-state index is 12.1. The van der Waals surface area contributed by atoms with Crippen LogP contribution in [0.25, 0.3) is 0 Å². The topological polar surface area (TPSA) is 101 Å². The van der Waals surface area contributed by atoms with Gasteiger partial charge in [0, 0.05) is 0 Å². The lowest BCUT2D eigenvalue weighted by Gasteiger charge is -2.26. The molecule has 0 bridgehead atoms. The van der Waals surface area contributed by atoms with Gasteiger partial charge in [-0.3, -0.25) is 9.52 Å². The van der Waals surface area contributed by atoms with Crippen LogP contribution in [0, 0.1) is 5.41 Å². The molecule has 4 N–H and O–H groups in total. The average Bonchev–Trinajstić information content (AvgIpc) is 2.29. The van der Waals surface area contributed by atoms with Gasteiger partial charge < -0.3 is 11.1 Å². The fourth-order valence-corrected chi connectivity index (χ4v) is 2.22. The number of nitrogens with one attached hydrogen (secondary N) is 2. The minimum Gasteiger partial charge on any atom is -0.323 e. The fraction of sp³-hybridized carbons (Fsp3) is 0.462. The monoisotopic (exact) mass is 333 g/mol. The van der Waals surface area contributed by atoms with E-state index in [-0.39, 0.29) is 5.91 Å². The molecule has 6 nitrogen and oxygen atoms in total. The molecule has 1 amide bonds. The van der Waals surface area contributed by atoms with Gasteiger partial charge in [-0.15, -0.1) is 0 Å². The molecule has 0 aliphatic rings. The van der Waals surface area contributed by atoms with Crippen LogP contribution in [-0.2, 0) is 14.8 Å². The van der Waals surface area contributed by atoms with Gasteiger partial charge in [-0.25, -0.2) is 8.42 Å². The Morgan fingerprint density at radius 3 is 2.38 bits per heavy atom. The zero-order valence-corrected chi connectivity index (χ0v) is 14.0. The second kappa shape index (κ2) is 6.21. The highest BCUT2D eigenvalue weighted by Gasteiger charge is 2.27. The lowest BCUT2D eigenvalue weighted by Crippen LogP contribution is -2.45. The SMILES string of the molecule is CC(C)(C)C(N)C(=O)Nc1cc(NS(C)(=O)=O)ccc1Cl. The highest BCUT2D eigenvalue weighted by molar-refractivity contribution is 7.92. The molecule has 1 unspecified atom stereocenters. The van der Waals surface area contributed by atoms with Crippen molar-refractivity contribution in [2.75, 3.05) is 16.3 Å². The molecule has 0 radical (unpaired) electrons. The van der Waals surface area contributed by atoms with Crippen LogP contribution in [0.5, 0.6) is 0 Å². The Morgan fingerprint density at radius 1 is 1.33 bits per heavy atom. The first-order valence-corrected chi connectivity index (χ1v) is 8.51. The molecule has 1 aromatic carbocycles.